The van der Waals surface area contributed by atoms with E-state index >= 15 is 0 Å². The van der Waals surface area contributed by atoms with Gasteiger partial charge in [0.25, 0.3) is 5.91 Å². The molecule has 0 spiro atoms. The second-order valence-corrected chi connectivity index (χ2v) is 4.32. The molecule has 0 atom stereocenters. The van der Waals surface area contributed by atoms with Crippen molar-refractivity contribution in [2.45, 2.75) is 6.92 Å². The maximum atomic E-state index is 13.7. The van der Waals surface area contributed by atoms with E-state index in [1.165, 1.54) is 24.5 Å². The molecule has 0 aliphatic rings. The van der Waals surface area contributed by atoms with E-state index < -0.39 is 11.7 Å². The zero-order valence-corrected chi connectivity index (χ0v) is 11.4. The Hall–Kier alpha value is -2.71. The summed E-state index contributed by atoms with van der Waals surface area (Å²) in [5.74, 6) is 4.10. The Kier molecular flexibility index (Phi) is 4.64. The molecule has 0 radical (unpaired) electrons. The largest absolute Gasteiger partial charge is 0.384 e. The average molecular weight is 284 g/mol. The van der Waals surface area contributed by atoms with Crippen molar-refractivity contribution in [2.75, 3.05) is 11.9 Å². The van der Waals surface area contributed by atoms with E-state index in [-0.39, 0.29) is 17.9 Å². The standard InChI is InChI=1S/C16H13FN2O2/c1-11-4-5-14(17)15(9-11)19-16(21)13-6-7-18-10-12(13)3-2-8-20/h4-7,9-10,20H,8H2,1H3,(H,19,21). The van der Waals surface area contributed by atoms with Gasteiger partial charge in [-0.15, -0.1) is 0 Å². The van der Waals surface area contributed by atoms with Crippen molar-refractivity contribution < 1.29 is 14.3 Å². The van der Waals surface area contributed by atoms with Crippen LogP contribution in [0.3, 0.4) is 0 Å². The minimum Gasteiger partial charge on any atom is -0.384 e. The molecule has 0 saturated heterocycles. The van der Waals surface area contributed by atoms with Gasteiger partial charge < -0.3 is 10.4 Å². The van der Waals surface area contributed by atoms with Gasteiger partial charge in [-0.2, -0.15) is 0 Å². The average Bonchev–Trinajstić information content (AvgIpc) is 2.49. The predicted octanol–water partition coefficient (Wildman–Crippen LogP) is 2.13. The molecule has 21 heavy (non-hydrogen) atoms. The quantitative estimate of drug-likeness (QED) is 0.830. The number of pyridine rings is 1. The molecule has 0 aliphatic heterocycles. The summed E-state index contributed by atoms with van der Waals surface area (Å²) in [5.41, 5.74) is 1.59. The van der Waals surface area contributed by atoms with E-state index in [0.29, 0.717) is 5.56 Å². The predicted molar refractivity (Wildman–Crippen MR) is 77.3 cm³/mol. The number of amides is 1. The molecule has 4 nitrogen and oxygen atoms in total. The third-order valence-electron chi connectivity index (χ3n) is 2.74. The third-order valence-corrected chi connectivity index (χ3v) is 2.74. The van der Waals surface area contributed by atoms with Crippen LogP contribution in [0.5, 0.6) is 0 Å². The van der Waals surface area contributed by atoms with Crippen LogP contribution in [0.25, 0.3) is 0 Å². The summed E-state index contributed by atoms with van der Waals surface area (Å²) in [5, 5.41) is 11.2. The number of hydrogen-bond acceptors (Lipinski definition) is 3. The molecule has 2 N–H and O–H groups in total. The highest BCUT2D eigenvalue weighted by atomic mass is 19.1. The molecular formula is C16H13FN2O2. The highest BCUT2D eigenvalue weighted by Crippen LogP contribution is 2.17. The van der Waals surface area contributed by atoms with E-state index in [1.54, 1.807) is 19.1 Å². The zero-order chi connectivity index (χ0) is 15.2. The lowest BCUT2D eigenvalue weighted by atomic mass is 10.1. The highest BCUT2D eigenvalue weighted by molar-refractivity contribution is 6.06. The van der Waals surface area contributed by atoms with Gasteiger partial charge in [0.15, 0.2) is 0 Å². The molecule has 1 heterocycles. The van der Waals surface area contributed by atoms with Gasteiger partial charge in [-0.25, -0.2) is 4.39 Å². The number of aryl methyl sites for hydroxylation is 1. The number of carbonyl (C=O) groups is 1. The Balaban J connectivity index is 2.31. The Morgan fingerprint density at radius 2 is 2.24 bits per heavy atom. The van der Waals surface area contributed by atoms with Crippen LogP contribution in [0.15, 0.2) is 36.7 Å². The van der Waals surface area contributed by atoms with Crippen molar-refractivity contribution in [3.05, 3.63) is 59.2 Å². The molecular weight excluding hydrogens is 271 g/mol. The van der Waals surface area contributed by atoms with Crippen LogP contribution in [0, 0.1) is 24.6 Å². The number of nitrogens with zero attached hydrogens (tertiary/aromatic N) is 1. The fraction of sp³-hybridized carbons (Fsp3) is 0.125. The minimum atomic E-state index is -0.508. The summed E-state index contributed by atoms with van der Waals surface area (Å²) in [7, 11) is 0. The summed E-state index contributed by atoms with van der Waals surface area (Å²) < 4.78 is 13.7. The Labute approximate surface area is 121 Å². The van der Waals surface area contributed by atoms with E-state index in [0.717, 1.165) is 5.56 Å². The lowest BCUT2D eigenvalue weighted by Crippen LogP contribution is -2.15. The van der Waals surface area contributed by atoms with Crippen LogP contribution in [-0.4, -0.2) is 22.6 Å². The lowest BCUT2D eigenvalue weighted by molar-refractivity contribution is 0.102. The van der Waals surface area contributed by atoms with E-state index in [4.69, 9.17) is 5.11 Å². The number of benzene rings is 1. The van der Waals surface area contributed by atoms with Gasteiger partial charge in [-0.3, -0.25) is 9.78 Å². The van der Waals surface area contributed by atoms with Gasteiger partial charge in [0.2, 0.25) is 0 Å². The maximum Gasteiger partial charge on any atom is 0.257 e. The smallest absolute Gasteiger partial charge is 0.257 e. The van der Waals surface area contributed by atoms with Gasteiger partial charge in [-0.05, 0) is 30.7 Å². The number of rotatable bonds is 2. The molecule has 5 heteroatoms. The van der Waals surface area contributed by atoms with E-state index in [2.05, 4.69) is 22.1 Å². The molecule has 1 aromatic heterocycles. The highest BCUT2D eigenvalue weighted by Gasteiger charge is 2.12. The fourth-order valence-electron chi connectivity index (χ4n) is 1.75. The van der Waals surface area contributed by atoms with Gasteiger partial charge in [0, 0.05) is 12.4 Å². The molecule has 0 saturated carbocycles. The van der Waals surface area contributed by atoms with Crippen LogP contribution in [0.1, 0.15) is 21.5 Å². The zero-order valence-electron chi connectivity index (χ0n) is 11.4. The second kappa shape index (κ2) is 6.64. The molecule has 1 amide bonds. The molecule has 106 valence electrons. The first-order valence-corrected chi connectivity index (χ1v) is 6.23. The summed E-state index contributed by atoms with van der Waals surface area (Å²) >= 11 is 0. The van der Waals surface area contributed by atoms with Gasteiger partial charge >= 0.3 is 0 Å². The number of carbonyl (C=O) groups excluding carboxylic acids is 1. The first-order chi connectivity index (χ1) is 10.1. The first kappa shape index (κ1) is 14.7. The van der Waals surface area contributed by atoms with Crippen LogP contribution >= 0.6 is 0 Å². The molecule has 0 aliphatic carbocycles. The van der Waals surface area contributed by atoms with Crippen molar-refractivity contribution >= 4 is 11.6 Å². The number of nitrogens with one attached hydrogen (secondary N) is 1. The van der Waals surface area contributed by atoms with E-state index in [1.807, 2.05) is 0 Å². The normalized spacial score (nSPS) is 9.67. The number of aliphatic hydroxyl groups excluding tert-OH is 1. The van der Waals surface area contributed by atoms with Crippen LogP contribution in [0.2, 0.25) is 0 Å². The van der Waals surface area contributed by atoms with Crippen LogP contribution < -0.4 is 5.32 Å². The molecule has 0 bridgehead atoms. The topological polar surface area (TPSA) is 62.2 Å². The molecule has 1 aromatic carbocycles. The molecule has 2 aromatic rings. The van der Waals surface area contributed by atoms with Crippen molar-refractivity contribution in [1.29, 1.82) is 0 Å². The number of halogens is 1. The fourth-order valence-corrected chi connectivity index (χ4v) is 1.75. The van der Waals surface area contributed by atoms with Gasteiger partial charge in [0.05, 0.1) is 16.8 Å². The number of aliphatic hydroxyl groups is 1. The van der Waals surface area contributed by atoms with Crippen molar-refractivity contribution in [2.24, 2.45) is 0 Å². The molecule has 2 rings (SSSR count). The summed E-state index contributed by atoms with van der Waals surface area (Å²) in [4.78, 5) is 16.1. The van der Waals surface area contributed by atoms with Crippen molar-refractivity contribution in [3.8, 4) is 11.8 Å². The van der Waals surface area contributed by atoms with Crippen molar-refractivity contribution in [3.63, 3.8) is 0 Å². The summed E-state index contributed by atoms with van der Waals surface area (Å²) in [6.07, 6.45) is 2.87. The SMILES string of the molecule is Cc1ccc(F)c(NC(=O)c2ccncc2C#CCO)c1. The van der Waals surface area contributed by atoms with Gasteiger partial charge in [-0.1, -0.05) is 17.9 Å². The second-order valence-electron chi connectivity index (χ2n) is 4.32. The molecule has 0 fully saturated rings. The van der Waals surface area contributed by atoms with Crippen molar-refractivity contribution in [1.82, 2.24) is 4.98 Å². The van der Waals surface area contributed by atoms with E-state index in [9.17, 15) is 9.18 Å². The third kappa shape index (κ3) is 3.65. The maximum absolute atomic E-state index is 13.7. The molecule has 0 unspecified atom stereocenters. The van der Waals surface area contributed by atoms with Crippen LogP contribution in [0.4, 0.5) is 10.1 Å². The van der Waals surface area contributed by atoms with Gasteiger partial charge in [0.1, 0.15) is 12.4 Å². The summed E-state index contributed by atoms with van der Waals surface area (Å²) in [6, 6.07) is 5.96. The Bertz CT molecular complexity index is 733. The van der Waals surface area contributed by atoms with Crippen LogP contribution in [-0.2, 0) is 0 Å². The number of hydrogen-bond donors (Lipinski definition) is 2. The lowest BCUT2D eigenvalue weighted by Gasteiger charge is -2.08. The Morgan fingerprint density at radius 1 is 1.43 bits per heavy atom. The summed E-state index contributed by atoms with van der Waals surface area (Å²) in [6.45, 7) is 1.49. The number of aromatic nitrogens is 1. The monoisotopic (exact) mass is 284 g/mol. The number of anilines is 1. The first-order valence-electron chi connectivity index (χ1n) is 6.23. The Morgan fingerprint density at radius 3 is 3.00 bits per heavy atom. The minimum absolute atomic E-state index is 0.109.